The van der Waals surface area contributed by atoms with Crippen LogP contribution >= 0.6 is 0 Å². The first kappa shape index (κ1) is 22.2. The number of azo groups is 1. The molecule has 2 atom stereocenters. The molecular weight excluding hydrogens is 392 g/mol. The van der Waals surface area contributed by atoms with Crippen molar-refractivity contribution in [2.24, 2.45) is 10.2 Å². The van der Waals surface area contributed by atoms with Gasteiger partial charge in [-0.15, -0.1) is 0 Å². The Morgan fingerprint density at radius 1 is 0.733 bits per heavy atom. The lowest BCUT2D eigenvalue weighted by Gasteiger charge is -2.09. The molecule has 2 rings (SSSR count). The van der Waals surface area contributed by atoms with Gasteiger partial charge in [0.2, 0.25) is 0 Å². The minimum atomic E-state index is -1.15. The summed E-state index contributed by atoms with van der Waals surface area (Å²) in [5, 5.41) is 30.5. The molecule has 30 heavy (non-hydrogen) atoms. The Kier molecular flexibility index (Phi) is 7.34. The van der Waals surface area contributed by atoms with Crippen molar-refractivity contribution in [3.8, 4) is 0 Å². The molecule has 2 amide bonds. The number of nitrogens with zero attached hydrogens (tertiary/aromatic N) is 2. The maximum Gasteiger partial charge on any atom is 0.325 e. The molecule has 0 aliphatic rings. The Bertz CT molecular complexity index is 925. The molecule has 0 aliphatic carbocycles. The van der Waals surface area contributed by atoms with Crippen molar-refractivity contribution >= 4 is 35.1 Å². The molecule has 2 aromatic carbocycles. The normalized spacial score (nSPS) is 12.7. The third-order valence-electron chi connectivity index (χ3n) is 3.93. The van der Waals surface area contributed by atoms with Crippen molar-refractivity contribution in [1.29, 1.82) is 0 Å². The molecule has 0 heterocycles. The van der Waals surface area contributed by atoms with Crippen LogP contribution in [0.3, 0.4) is 0 Å². The molecule has 2 aromatic rings. The van der Waals surface area contributed by atoms with Crippen LogP contribution in [0.5, 0.6) is 0 Å². The van der Waals surface area contributed by atoms with Crippen LogP contribution in [0.25, 0.3) is 0 Å². The van der Waals surface area contributed by atoms with Gasteiger partial charge in [0.15, 0.2) is 0 Å². The number of benzene rings is 2. The van der Waals surface area contributed by atoms with Crippen LogP contribution in [0.15, 0.2) is 58.8 Å². The molecular formula is C20H20N4O6. The number of carboxylic acid groups (broad SMARTS) is 2. The molecule has 10 heteroatoms. The predicted octanol–water partition coefficient (Wildman–Crippen LogP) is 2.51. The number of carboxylic acids is 2. The summed E-state index contributed by atoms with van der Waals surface area (Å²) in [6, 6.07) is 10.2. The van der Waals surface area contributed by atoms with E-state index in [0.29, 0.717) is 11.4 Å². The van der Waals surface area contributed by atoms with Crippen LogP contribution in [0, 0.1) is 0 Å². The molecule has 10 nitrogen and oxygen atoms in total. The van der Waals surface area contributed by atoms with E-state index in [0.717, 1.165) is 0 Å². The molecule has 0 fully saturated rings. The highest BCUT2D eigenvalue weighted by Crippen LogP contribution is 2.20. The summed E-state index contributed by atoms with van der Waals surface area (Å²) < 4.78 is 0. The quantitative estimate of drug-likeness (QED) is 0.488. The molecule has 0 aromatic heterocycles. The highest BCUT2D eigenvalue weighted by Gasteiger charge is 2.16. The Hall–Kier alpha value is -4.08. The van der Waals surface area contributed by atoms with E-state index in [2.05, 4.69) is 20.9 Å². The molecule has 0 radical (unpaired) electrons. The number of carbonyl (C=O) groups is 4. The lowest BCUT2D eigenvalue weighted by atomic mass is 10.1. The van der Waals surface area contributed by atoms with Gasteiger partial charge < -0.3 is 20.8 Å². The minimum Gasteiger partial charge on any atom is -0.480 e. The third kappa shape index (κ3) is 6.23. The van der Waals surface area contributed by atoms with Crippen molar-refractivity contribution in [3.05, 3.63) is 59.7 Å². The number of amides is 2. The Morgan fingerprint density at radius 3 is 1.43 bits per heavy atom. The SMILES string of the molecule is C[C@@H](NC(=O)c1cccc(N=Nc2cccc(C(=O)N[C@H](C)C(=O)O)c2)c1)C(=O)O. The topological polar surface area (TPSA) is 158 Å². The number of hydrogen-bond acceptors (Lipinski definition) is 6. The summed E-state index contributed by atoms with van der Waals surface area (Å²) in [7, 11) is 0. The molecule has 0 spiro atoms. The lowest BCUT2D eigenvalue weighted by Crippen LogP contribution is -2.38. The van der Waals surface area contributed by atoms with E-state index in [4.69, 9.17) is 10.2 Å². The van der Waals surface area contributed by atoms with Gasteiger partial charge in [-0.25, -0.2) is 0 Å². The predicted molar refractivity (Wildman–Crippen MR) is 106 cm³/mol. The Balaban J connectivity index is 2.13. The second-order valence-corrected chi connectivity index (χ2v) is 6.37. The second-order valence-electron chi connectivity index (χ2n) is 6.37. The van der Waals surface area contributed by atoms with Crippen LogP contribution in [0.2, 0.25) is 0 Å². The summed E-state index contributed by atoms with van der Waals surface area (Å²) in [4.78, 5) is 45.9. The van der Waals surface area contributed by atoms with Gasteiger partial charge in [0.25, 0.3) is 11.8 Å². The average Bonchev–Trinajstić information content (AvgIpc) is 2.72. The first-order chi connectivity index (χ1) is 14.2. The van der Waals surface area contributed by atoms with E-state index in [1.54, 1.807) is 24.3 Å². The molecule has 0 bridgehead atoms. The van der Waals surface area contributed by atoms with Gasteiger partial charge in [-0.05, 0) is 50.2 Å². The van der Waals surface area contributed by atoms with Gasteiger partial charge in [0, 0.05) is 11.1 Å². The molecule has 4 N–H and O–H groups in total. The van der Waals surface area contributed by atoms with Gasteiger partial charge >= 0.3 is 11.9 Å². The number of hydrogen-bond donors (Lipinski definition) is 4. The standard InChI is InChI=1S/C20H20N4O6/c1-11(19(27)28)21-17(25)13-5-3-7-15(9-13)23-24-16-8-4-6-14(10-16)18(26)22-12(2)20(29)30/h3-12H,1-2H3,(H,21,25)(H,22,26)(H,27,28)(H,29,30)/t11-,12-/m1/s1. The zero-order chi connectivity index (χ0) is 22.3. The van der Waals surface area contributed by atoms with Crippen LogP contribution in [0.4, 0.5) is 11.4 Å². The monoisotopic (exact) mass is 412 g/mol. The van der Waals surface area contributed by atoms with Crippen molar-refractivity contribution in [3.63, 3.8) is 0 Å². The fraction of sp³-hybridized carbons (Fsp3) is 0.200. The fourth-order valence-electron chi connectivity index (χ4n) is 2.22. The number of nitrogens with one attached hydrogen (secondary N) is 2. The minimum absolute atomic E-state index is 0.218. The van der Waals surface area contributed by atoms with Crippen LogP contribution in [0.1, 0.15) is 34.6 Å². The van der Waals surface area contributed by atoms with E-state index < -0.39 is 35.8 Å². The Labute approximate surface area is 171 Å². The van der Waals surface area contributed by atoms with Crippen molar-refractivity contribution in [1.82, 2.24) is 10.6 Å². The van der Waals surface area contributed by atoms with Crippen molar-refractivity contribution in [2.45, 2.75) is 25.9 Å². The van der Waals surface area contributed by atoms with Gasteiger partial charge in [-0.1, -0.05) is 12.1 Å². The maximum atomic E-state index is 12.1. The summed E-state index contributed by atoms with van der Waals surface area (Å²) in [6.45, 7) is 2.70. The summed E-state index contributed by atoms with van der Waals surface area (Å²) in [6.07, 6.45) is 0. The van der Waals surface area contributed by atoms with Crippen LogP contribution in [-0.2, 0) is 9.59 Å². The van der Waals surface area contributed by atoms with Gasteiger partial charge in [-0.3, -0.25) is 19.2 Å². The lowest BCUT2D eigenvalue weighted by molar-refractivity contribution is -0.139. The fourth-order valence-corrected chi connectivity index (χ4v) is 2.22. The number of aliphatic carboxylic acids is 2. The smallest absolute Gasteiger partial charge is 0.325 e. The largest absolute Gasteiger partial charge is 0.480 e. The van der Waals surface area contributed by atoms with E-state index in [9.17, 15) is 19.2 Å². The van der Waals surface area contributed by atoms with Gasteiger partial charge in [0.1, 0.15) is 12.1 Å². The van der Waals surface area contributed by atoms with Crippen molar-refractivity contribution in [2.75, 3.05) is 0 Å². The molecule has 0 aliphatic heterocycles. The highest BCUT2D eigenvalue weighted by atomic mass is 16.4. The molecule has 0 saturated heterocycles. The van der Waals surface area contributed by atoms with E-state index in [-0.39, 0.29) is 11.1 Å². The maximum absolute atomic E-state index is 12.1. The summed E-state index contributed by atoms with van der Waals surface area (Å²) >= 11 is 0. The number of carbonyl (C=O) groups excluding carboxylic acids is 2. The molecule has 0 saturated carbocycles. The van der Waals surface area contributed by atoms with Crippen LogP contribution < -0.4 is 10.6 Å². The first-order valence-corrected chi connectivity index (χ1v) is 8.86. The van der Waals surface area contributed by atoms with E-state index in [1.807, 2.05) is 0 Å². The molecule has 156 valence electrons. The second kappa shape index (κ2) is 9.92. The van der Waals surface area contributed by atoms with Gasteiger partial charge in [-0.2, -0.15) is 10.2 Å². The number of rotatable bonds is 8. The summed E-state index contributed by atoms with van der Waals surface area (Å²) in [5.74, 6) is -3.43. The van der Waals surface area contributed by atoms with E-state index in [1.165, 1.54) is 38.1 Å². The van der Waals surface area contributed by atoms with Crippen molar-refractivity contribution < 1.29 is 29.4 Å². The van der Waals surface area contributed by atoms with Gasteiger partial charge in [0.05, 0.1) is 11.4 Å². The summed E-state index contributed by atoms with van der Waals surface area (Å²) in [5.41, 5.74) is 1.13. The third-order valence-corrected chi connectivity index (χ3v) is 3.93. The highest BCUT2D eigenvalue weighted by molar-refractivity contribution is 5.97. The molecule has 0 unspecified atom stereocenters. The first-order valence-electron chi connectivity index (χ1n) is 8.86. The zero-order valence-electron chi connectivity index (χ0n) is 16.2. The average molecular weight is 412 g/mol. The Morgan fingerprint density at radius 2 is 1.10 bits per heavy atom. The zero-order valence-corrected chi connectivity index (χ0v) is 16.2. The van der Waals surface area contributed by atoms with Crippen LogP contribution in [-0.4, -0.2) is 46.0 Å². The van der Waals surface area contributed by atoms with E-state index >= 15 is 0 Å².